The van der Waals surface area contributed by atoms with Crippen molar-refractivity contribution in [1.82, 2.24) is 4.72 Å². The van der Waals surface area contributed by atoms with Crippen molar-refractivity contribution < 1.29 is 22.7 Å². The molecule has 1 amide bonds. The molecule has 3 heterocycles. The Balaban J connectivity index is 1.40. The van der Waals surface area contributed by atoms with Gasteiger partial charge in [-0.15, -0.1) is 0 Å². The molecule has 2 aromatic carbocycles. The average molecular weight is 627 g/mol. The van der Waals surface area contributed by atoms with E-state index in [1.165, 1.54) is 5.56 Å². The van der Waals surface area contributed by atoms with Gasteiger partial charge in [-0.3, -0.25) is 4.79 Å². The van der Waals surface area contributed by atoms with Crippen LogP contribution in [0.2, 0.25) is 5.02 Å². The van der Waals surface area contributed by atoms with Gasteiger partial charge in [-0.2, -0.15) is 0 Å². The Morgan fingerprint density at radius 2 is 1.91 bits per heavy atom. The van der Waals surface area contributed by atoms with Crippen molar-refractivity contribution in [2.45, 2.75) is 82.7 Å². The first kappa shape index (κ1) is 30.5. The molecule has 3 aliphatic heterocycles. The van der Waals surface area contributed by atoms with Crippen LogP contribution in [-0.4, -0.2) is 44.9 Å². The number of allylic oxidation sites excluding steroid dienone is 1. The zero-order chi connectivity index (χ0) is 30.2. The highest BCUT2D eigenvalue weighted by atomic mass is 35.5. The van der Waals surface area contributed by atoms with Gasteiger partial charge in [0, 0.05) is 30.3 Å². The number of amides is 1. The molecule has 4 aliphatic rings. The van der Waals surface area contributed by atoms with E-state index in [0.717, 1.165) is 80.9 Å². The smallest absolute Gasteiger partial charge is 0.264 e. The SMILES string of the molecule is C[C@@H]1[C@@H](C)C/C=C/[C@@]2(CCCO2)[C@@H]2CC[C@H]2CN2CCCCc3cc(Cl)ccc3COc3ccc(cc32)C(=O)NS1(=O)=O. The molecule has 0 radical (unpaired) electrons. The summed E-state index contributed by atoms with van der Waals surface area (Å²) in [4.78, 5) is 15.8. The standard InChI is InChI=1S/C34H43ClN2O5S/c1-23-7-5-15-34(16-6-18-42-34)30-13-10-27(30)21-37-17-4-3-8-25-19-29(35)12-9-28(25)22-41-32-14-11-26(20-31(32)37)33(38)36-43(39,40)24(23)2/h5,9,11-12,14-15,19-20,23-24,27,30H,3-4,6-8,10,13,16-18,21-22H2,1-2H3,(H,36,38)/b15-5+/t23-,24+,27-,30+,34+/m0/s1. The number of rotatable bonds is 0. The minimum atomic E-state index is -3.89. The maximum Gasteiger partial charge on any atom is 0.264 e. The van der Waals surface area contributed by atoms with Crippen LogP contribution in [0.5, 0.6) is 5.75 Å². The summed E-state index contributed by atoms with van der Waals surface area (Å²) in [6.07, 6.45) is 12.1. The lowest BCUT2D eigenvalue weighted by molar-refractivity contribution is -0.0625. The number of aryl methyl sites for hydroxylation is 1. The first-order valence-electron chi connectivity index (χ1n) is 15.8. The number of halogens is 1. The van der Waals surface area contributed by atoms with E-state index >= 15 is 0 Å². The molecule has 9 heteroatoms. The van der Waals surface area contributed by atoms with Crippen LogP contribution in [0, 0.1) is 17.8 Å². The summed E-state index contributed by atoms with van der Waals surface area (Å²) in [6, 6.07) is 11.3. The van der Waals surface area contributed by atoms with Gasteiger partial charge in [0.25, 0.3) is 5.91 Å². The summed E-state index contributed by atoms with van der Waals surface area (Å²) in [7, 11) is -3.89. The Bertz CT molecular complexity index is 1490. The third-order valence-corrected chi connectivity index (χ3v) is 12.4. The summed E-state index contributed by atoms with van der Waals surface area (Å²) in [5, 5.41) is -0.0123. The highest BCUT2D eigenvalue weighted by Crippen LogP contribution is 2.50. The van der Waals surface area contributed by atoms with Gasteiger partial charge in [0.15, 0.2) is 0 Å². The Hall–Kier alpha value is -2.55. The maximum atomic E-state index is 13.4. The van der Waals surface area contributed by atoms with Crippen LogP contribution in [0.25, 0.3) is 0 Å². The maximum absolute atomic E-state index is 13.4. The topological polar surface area (TPSA) is 84.9 Å². The monoisotopic (exact) mass is 626 g/mol. The first-order valence-corrected chi connectivity index (χ1v) is 17.7. The normalized spacial score (nSPS) is 31.9. The summed E-state index contributed by atoms with van der Waals surface area (Å²) >= 11 is 6.34. The van der Waals surface area contributed by atoms with Crippen LogP contribution in [-0.2, 0) is 27.8 Å². The zero-order valence-corrected chi connectivity index (χ0v) is 26.8. The molecule has 2 aromatic rings. The Morgan fingerprint density at radius 1 is 1.05 bits per heavy atom. The molecule has 6 rings (SSSR count). The number of carbonyl (C=O) groups is 1. The second-order valence-corrected chi connectivity index (χ2v) is 15.4. The predicted octanol–water partition coefficient (Wildman–Crippen LogP) is 6.68. The van der Waals surface area contributed by atoms with Gasteiger partial charge in [-0.1, -0.05) is 36.7 Å². The van der Waals surface area contributed by atoms with E-state index in [0.29, 0.717) is 36.2 Å². The molecule has 0 aromatic heterocycles. The van der Waals surface area contributed by atoms with Crippen molar-refractivity contribution in [2.75, 3.05) is 24.6 Å². The van der Waals surface area contributed by atoms with E-state index in [2.05, 4.69) is 21.8 Å². The van der Waals surface area contributed by atoms with E-state index in [4.69, 9.17) is 21.1 Å². The lowest BCUT2D eigenvalue weighted by atomic mass is 9.63. The van der Waals surface area contributed by atoms with Crippen molar-refractivity contribution in [2.24, 2.45) is 17.8 Å². The highest BCUT2D eigenvalue weighted by Gasteiger charge is 2.49. The molecule has 1 N–H and O–H groups in total. The number of carbonyl (C=O) groups excluding carboxylic acids is 1. The second kappa shape index (κ2) is 12.4. The number of anilines is 1. The fourth-order valence-electron chi connectivity index (χ4n) is 7.28. The van der Waals surface area contributed by atoms with Crippen LogP contribution in [0.3, 0.4) is 0 Å². The van der Waals surface area contributed by atoms with Gasteiger partial charge < -0.3 is 14.4 Å². The predicted molar refractivity (Wildman–Crippen MR) is 170 cm³/mol. The summed E-state index contributed by atoms with van der Waals surface area (Å²) in [6.45, 7) is 6.38. The largest absolute Gasteiger partial charge is 0.487 e. The van der Waals surface area contributed by atoms with Gasteiger partial charge in [0.1, 0.15) is 12.4 Å². The third-order valence-electron chi connectivity index (χ3n) is 10.3. The molecule has 5 atom stereocenters. The molecule has 43 heavy (non-hydrogen) atoms. The molecule has 1 aliphatic carbocycles. The number of hydrogen-bond acceptors (Lipinski definition) is 6. The second-order valence-electron chi connectivity index (χ2n) is 12.9. The molecule has 1 spiro atoms. The quantitative estimate of drug-likeness (QED) is 0.328. The number of sulfonamides is 1. The molecule has 2 bridgehead atoms. The summed E-state index contributed by atoms with van der Waals surface area (Å²) in [5.41, 5.74) is 3.14. The fourth-order valence-corrected chi connectivity index (χ4v) is 8.76. The van der Waals surface area contributed by atoms with Crippen molar-refractivity contribution in [3.8, 4) is 5.75 Å². The molecule has 1 saturated carbocycles. The molecule has 0 unspecified atom stereocenters. The van der Waals surface area contributed by atoms with Crippen LogP contribution in [0.15, 0.2) is 48.6 Å². The minimum Gasteiger partial charge on any atom is -0.487 e. The number of nitrogens with one attached hydrogen (secondary N) is 1. The van der Waals surface area contributed by atoms with E-state index in [1.54, 1.807) is 13.0 Å². The van der Waals surface area contributed by atoms with Gasteiger partial charge in [-0.25, -0.2) is 13.1 Å². The lowest BCUT2D eigenvalue weighted by Crippen LogP contribution is -2.49. The van der Waals surface area contributed by atoms with Crippen LogP contribution in [0.4, 0.5) is 5.69 Å². The molecule has 2 fully saturated rings. The van der Waals surface area contributed by atoms with Gasteiger partial charge in [0.05, 0.1) is 16.5 Å². The van der Waals surface area contributed by atoms with Gasteiger partial charge >= 0.3 is 0 Å². The van der Waals surface area contributed by atoms with Gasteiger partial charge in [-0.05, 0) is 118 Å². The fraction of sp³-hybridized carbons (Fsp3) is 0.559. The number of nitrogens with zero attached hydrogens (tertiary/aromatic N) is 1. The van der Waals surface area contributed by atoms with Crippen molar-refractivity contribution >= 4 is 33.2 Å². The molecular weight excluding hydrogens is 584 g/mol. The van der Waals surface area contributed by atoms with E-state index in [-0.39, 0.29) is 11.5 Å². The van der Waals surface area contributed by atoms with E-state index < -0.39 is 21.2 Å². The van der Waals surface area contributed by atoms with Crippen molar-refractivity contribution in [3.63, 3.8) is 0 Å². The van der Waals surface area contributed by atoms with Crippen LogP contribution >= 0.6 is 11.6 Å². The van der Waals surface area contributed by atoms with Crippen molar-refractivity contribution in [3.05, 3.63) is 70.3 Å². The lowest BCUT2D eigenvalue weighted by Gasteiger charge is -2.48. The minimum absolute atomic E-state index is 0.167. The Morgan fingerprint density at radius 3 is 2.67 bits per heavy atom. The average Bonchev–Trinajstić information content (AvgIpc) is 3.42. The first-order chi connectivity index (χ1) is 20.6. The number of ether oxygens (including phenoxy) is 2. The van der Waals surface area contributed by atoms with Gasteiger partial charge in [0.2, 0.25) is 10.0 Å². The number of hydrogen-bond donors (Lipinski definition) is 1. The van der Waals surface area contributed by atoms with E-state index in [9.17, 15) is 13.2 Å². The summed E-state index contributed by atoms with van der Waals surface area (Å²) in [5.74, 6) is 0.750. The summed E-state index contributed by atoms with van der Waals surface area (Å²) < 4.78 is 41.9. The van der Waals surface area contributed by atoms with Crippen molar-refractivity contribution in [1.29, 1.82) is 0 Å². The molecule has 232 valence electrons. The molecular formula is C34H43ClN2O5S. The van der Waals surface area contributed by atoms with E-state index in [1.807, 2.05) is 37.3 Å². The number of fused-ring (bicyclic) bond motifs is 4. The zero-order valence-electron chi connectivity index (χ0n) is 25.2. The Kier molecular flexibility index (Phi) is 8.82. The Labute approximate surface area is 261 Å². The van der Waals surface area contributed by atoms with Crippen LogP contribution < -0.4 is 14.4 Å². The van der Waals surface area contributed by atoms with Crippen LogP contribution in [0.1, 0.15) is 80.3 Å². The third kappa shape index (κ3) is 6.34. The number of benzene rings is 2. The highest BCUT2D eigenvalue weighted by molar-refractivity contribution is 7.90. The molecule has 7 nitrogen and oxygen atoms in total. The molecule has 1 saturated heterocycles.